The van der Waals surface area contributed by atoms with Gasteiger partial charge in [-0.2, -0.15) is 0 Å². The second-order valence-electron chi connectivity index (χ2n) is 6.94. The zero-order chi connectivity index (χ0) is 20.6. The van der Waals surface area contributed by atoms with Gasteiger partial charge in [0.15, 0.2) is 0 Å². The Morgan fingerprint density at radius 2 is 1.90 bits per heavy atom. The van der Waals surface area contributed by atoms with Gasteiger partial charge in [0, 0.05) is 44.6 Å². The molecule has 1 fully saturated rings. The fourth-order valence-electron chi connectivity index (χ4n) is 3.30. The van der Waals surface area contributed by atoms with Crippen LogP contribution in [0.1, 0.15) is 28.8 Å². The molecule has 1 aliphatic rings. The third kappa shape index (κ3) is 5.95. The van der Waals surface area contributed by atoms with Crippen molar-refractivity contribution < 1.29 is 19.1 Å². The standard InChI is InChI=1S/C22H25ClN2O4/c1-28-15-21(26)25-11-9-18(10-12-25)29-20-8-3-2-7-19(20)22(27)24-14-16-5-4-6-17(23)13-16/h2-8,13,18H,9-12,14-15H2,1H3,(H,24,27). The first-order valence-electron chi connectivity index (χ1n) is 9.62. The third-order valence-electron chi connectivity index (χ3n) is 4.83. The van der Waals surface area contributed by atoms with Crippen molar-refractivity contribution in [2.24, 2.45) is 0 Å². The van der Waals surface area contributed by atoms with Gasteiger partial charge in [-0.1, -0.05) is 35.9 Å². The fraction of sp³-hybridized carbons (Fsp3) is 0.364. The van der Waals surface area contributed by atoms with Crippen LogP contribution >= 0.6 is 11.6 Å². The van der Waals surface area contributed by atoms with Gasteiger partial charge in [0.25, 0.3) is 5.91 Å². The van der Waals surface area contributed by atoms with Crippen LogP contribution < -0.4 is 10.1 Å². The maximum absolute atomic E-state index is 12.7. The third-order valence-corrected chi connectivity index (χ3v) is 5.07. The molecule has 7 heteroatoms. The first-order chi connectivity index (χ1) is 14.1. The van der Waals surface area contributed by atoms with Crippen molar-refractivity contribution in [2.75, 3.05) is 26.8 Å². The largest absolute Gasteiger partial charge is 0.489 e. The van der Waals surface area contributed by atoms with Crippen molar-refractivity contribution in [2.45, 2.75) is 25.5 Å². The first kappa shape index (κ1) is 21.1. The summed E-state index contributed by atoms with van der Waals surface area (Å²) in [6.07, 6.45) is 1.39. The molecule has 1 aliphatic heterocycles. The summed E-state index contributed by atoms with van der Waals surface area (Å²) in [6, 6.07) is 14.6. The lowest BCUT2D eigenvalue weighted by Crippen LogP contribution is -2.43. The predicted molar refractivity (Wildman–Crippen MR) is 111 cm³/mol. The first-order valence-corrected chi connectivity index (χ1v) is 9.99. The van der Waals surface area contributed by atoms with Gasteiger partial charge in [0.05, 0.1) is 5.56 Å². The number of carbonyl (C=O) groups is 2. The molecular formula is C22H25ClN2O4. The predicted octanol–water partition coefficient (Wildman–Crippen LogP) is 3.29. The smallest absolute Gasteiger partial charge is 0.255 e. The van der Waals surface area contributed by atoms with E-state index in [-0.39, 0.29) is 24.5 Å². The molecule has 154 valence electrons. The Morgan fingerprint density at radius 1 is 1.14 bits per heavy atom. The number of para-hydroxylation sites is 1. The van der Waals surface area contributed by atoms with E-state index in [1.54, 1.807) is 23.1 Å². The van der Waals surface area contributed by atoms with Crippen molar-refractivity contribution >= 4 is 23.4 Å². The fourth-order valence-corrected chi connectivity index (χ4v) is 3.51. The molecule has 3 rings (SSSR count). The van der Waals surface area contributed by atoms with E-state index in [2.05, 4.69) is 5.32 Å². The molecule has 6 nitrogen and oxygen atoms in total. The highest BCUT2D eigenvalue weighted by Gasteiger charge is 2.25. The van der Waals surface area contributed by atoms with Crippen LogP contribution in [0, 0.1) is 0 Å². The minimum atomic E-state index is -0.201. The maximum Gasteiger partial charge on any atom is 0.255 e. The zero-order valence-electron chi connectivity index (χ0n) is 16.4. The van der Waals surface area contributed by atoms with Crippen LogP contribution in [0.4, 0.5) is 0 Å². The van der Waals surface area contributed by atoms with E-state index in [9.17, 15) is 9.59 Å². The maximum atomic E-state index is 12.7. The Balaban J connectivity index is 1.57. The number of benzene rings is 2. The van der Waals surface area contributed by atoms with Gasteiger partial charge in [-0.05, 0) is 29.8 Å². The monoisotopic (exact) mass is 416 g/mol. The molecule has 2 aromatic rings. The second kappa shape index (κ2) is 10.3. The summed E-state index contributed by atoms with van der Waals surface area (Å²) in [5, 5.41) is 3.55. The van der Waals surface area contributed by atoms with Gasteiger partial charge in [-0.25, -0.2) is 0 Å². The summed E-state index contributed by atoms with van der Waals surface area (Å²) in [5.41, 5.74) is 1.42. The number of hydrogen-bond donors (Lipinski definition) is 1. The number of carbonyl (C=O) groups excluding carboxylic acids is 2. The Bertz CT molecular complexity index is 850. The summed E-state index contributed by atoms with van der Waals surface area (Å²) in [7, 11) is 1.52. The lowest BCUT2D eigenvalue weighted by Gasteiger charge is -2.32. The van der Waals surface area contributed by atoms with E-state index in [1.165, 1.54) is 7.11 Å². The normalized spacial score (nSPS) is 14.5. The number of nitrogens with one attached hydrogen (secondary N) is 1. The molecule has 0 atom stereocenters. The number of halogens is 1. The number of nitrogens with zero attached hydrogens (tertiary/aromatic N) is 1. The average molecular weight is 417 g/mol. The number of likely N-dealkylation sites (tertiary alicyclic amines) is 1. The number of amides is 2. The molecule has 0 radical (unpaired) electrons. The number of ether oxygens (including phenoxy) is 2. The van der Waals surface area contributed by atoms with E-state index in [4.69, 9.17) is 21.1 Å². The van der Waals surface area contributed by atoms with E-state index >= 15 is 0 Å². The SMILES string of the molecule is COCC(=O)N1CCC(Oc2ccccc2C(=O)NCc2cccc(Cl)c2)CC1. The molecule has 29 heavy (non-hydrogen) atoms. The van der Waals surface area contributed by atoms with Crippen LogP contribution in [0.5, 0.6) is 5.75 Å². The van der Waals surface area contributed by atoms with Crippen molar-refractivity contribution in [1.82, 2.24) is 10.2 Å². The Hall–Kier alpha value is -2.57. The Kier molecular flexibility index (Phi) is 7.49. The van der Waals surface area contributed by atoms with E-state index < -0.39 is 0 Å². The van der Waals surface area contributed by atoms with Gasteiger partial charge in [0.2, 0.25) is 5.91 Å². The van der Waals surface area contributed by atoms with Crippen molar-refractivity contribution in [1.29, 1.82) is 0 Å². The highest BCUT2D eigenvalue weighted by atomic mass is 35.5. The quantitative estimate of drug-likeness (QED) is 0.752. The molecule has 0 spiro atoms. The number of piperidine rings is 1. The van der Waals surface area contributed by atoms with Crippen LogP contribution in [0.2, 0.25) is 5.02 Å². The van der Waals surface area contributed by atoms with E-state index in [0.717, 1.165) is 5.56 Å². The summed E-state index contributed by atoms with van der Waals surface area (Å²) >= 11 is 5.99. The van der Waals surface area contributed by atoms with Crippen LogP contribution in [-0.4, -0.2) is 49.6 Å². The van der Waals surface area contributed by atoms with Crippen molar-refractivity contribution in [3.63, 3.8) is 0 Å². The van der Waals surface area contributed by atoms with Crippen LogP contribution in [-0.2, 0) is 16.1 Å². The summed E-state index contributed by atoms with van der Waals surface area (Å²) < 4.78 is 11.0. The molecular weight excluding hydrogens is 392 g/mol. The zero-order valence-corrected chi connectivity index (χ0v) is 17.2. The molecule has 0 aliphatic carbocycles. The van der Waals surface area contributed by atoms with E-state index in [0.29, 0.717) is 48.8 Å². The minimum absolute atomic E-state index is 0.00765. The summed E-state index contributed by atoms with van der Waals surface area (Å²) in [5.74, 6) is 0.345. The second-order valence-corrected chi connectivity index (χ2v) is 7.38. The van der Waals surface area contributed by atoms with Gasteiger partial charge >= 0.3 is 0 Å². The minimum Gasteiger partial charge on any atom is -0.489 e. The number of hydrogen-bond acceptors (Lipinski definition) is 4. The summed E-state index contributed by atoms with van der Waals surface area (Å²) in [6.45, 7) is 1.72. The Labute approximate surface area is 175 Å². The van der Waals surface area contributed by atoms with Crippen molar-refractivity contribution in [3.8, 4) is 5.75 Å². The molecule has 2 amide bonds. The van der Waals surface area contributed by atoms with Crippen LogP contribution in [0.15, 0.2) is 48.5 Å². The molecule has 0 aromatic heterocycles. The topological polar surface area (TPSA) is 67.9 Å². The highest BCUT2D eigenvalue weighted by Crippen LogP contribution is 2.23. The van der Waals surface area contributed by atoms with Crippen LogP contribution in [0.3, 0.4) is 0 Å². The highest BCUT2D eigenvalue weighted by molar-refractivity contribution is 6.30. The lowest BCUT2D eigenvalue weighted by atomic mass is 10.1. The molecule has 0 unspecified atom stereocenters. The molecule has 0 bridgehead atoms. The van der Waals surface area contributed by atoms with Gasteiger partial charge in [0.1, 0.15) is 18.5 Å². The van der Waals surface area contributed by atoms with Gasteiger partial charge in [-0.15, -0.1) is 0 Å². The molecule has 2 aromatic carbocycles. The Morgan fingerprint density at radius 3 is 2.62 bits per heavy atom. The molecule has 1 heterocycles. The number of rotatable bonds is 7. The van der Waals surface area contributed by atoms with Crippen molar-refractivity contribution in [3.05, 3.63) is 64.7 Å². The summed E-state index contributed by atoms with van der Waals surface area (Å²) in [4.78, 5) is 26.4. The van der Waals surface area contributed by atoms with E-state index in [1.807, 2.05) is 30.3 Å². The van der Waals surface area contributed by atoms with Crippen LogP contribution in [0.25, 0.3) is 0 Å². The average Bonchev–Trinajstić information content (AvgIpc) is 2.73. The molecule has 1 N–H and O–H groups in total. The molecule has 0 saturated carbocycles. The lowest BCUT2D eigenvalue weighted by molar-refractivity contribution is -0.136. The molecule has 1 saturated heterocycles. The van der Waals surface area contributed by atoms with Gasteiger partial charge < -0.3 is 19.7 Å². The van der Waals surface area contributed by atoms with Gasteiger partial charge in [-0.3, -0.25) is 9.59 Å². The number of methoxy groups -OCH3 is 1.